The molecule has 0 saturated carbocycles. The molecule has 138 valence electrons. The second-order valence-corrected chi connectivity index (χ2v) is 6.96. The zero-order valence-corrected chi connectivity index (χ0v) is 15.6. The largest absolute Gasteiger partial charge is 0.494 e. The fraction of sp³-hybridized carbons (Fsp3) is 0.273. The first-order valence-electron chi connectivity index (χ1n) is 9.11. The van der Waals surface area contributed by atoms with Gasteiger partial charge in [-0.2, -0.15) is 0 Å². The van der Waals surface area contributed by atoms with Crippen LogP contribution < -0.4 is 15.5 Å². The van der Waals surface area contributed by atoms with Crippen LogP contribution in [0.5, 0.6) is 5.75 Å². The molecule has 1 aliphatic rings. The average molecular weight is 363 g/mol. The molecule has 5 nitrogen and oxygen atoms in total. The summed E-state index contributed by atoms with van der Waals surface area (Å²) in [6.45, 7) is 6.52. The summed E-state index contributed by atoms with van der Waals surface area (Å²) < 4.78 is 11.5. The predicted molar refractivity (Wildman–Crippen MR) is 103 cm³/mol. The highest BCUT2D eigenvalue weighted by Gasteiger charge is 2.36. The summed E-state index contributed by atoms with van der Waals surface area (Å²) in [6.07, 6.45) is 0.931. The van der Waals surface area contributed by atoms with Gasteiger partial charge in [-0.3, -0.25) is 9.59 Å². The number of rotatable bonds is 4. The van der Waals surface area contributed by atoms with E-state index in [4.69, 9.17) is 9.15 Å². The summed E-state index contributed by atoms with van der Waals surface area (Å²) in [7, 11) is 0. The van der Waals surface area contributed by atoms with Crippen molar-refractivity contribution in [2.24, 2.45) is 0 Å². The van der Waals surface area contributed by atoms with E-state index >= 15 is 0 Å². The van der Waals surface area contributed by atoms with Crippen molar-refractivity contribution in [1.29, 1.82) is 0 Å². The molecule has 1 aliphatic heterocycles. The Morgan fingerprint density at radius 2 is 1.85 bits per heavy atom. The first kappa shape index (κ1) is 17.3. The molecule has 3 aromatic rings. The average Bonchev–Trinajstić information content (AvgIpc) is 2.98. The SMILES string of the molecule is CCCOc1ccc(C2NC(=O)c3oc4c(C)cc(C)cc4c(=O)c32)cc1. The van der Waals surface area contributed by atoms with Gasteiger partial charge in [0.1, 0.15) is 11.3 Å². The van der Waals surface area contributed by atoms with Gasteiger partial charge in [0, 0.05) is 0 Å². The number of fused-ring (bicyclic) bond motifs is 2. The minimum absolute atomic E-state index is 0.107. The molecule has 1 unspecified atom stereocenters. The van der Waals surface area contributed by atoms with Gasteiger partial charge in [0.2, 0.25) is 5.76 Å². The predicted octanol–water partition coefficient (Wildman–Crippen LogP) is 4.03. The monoisotopic (exact) mass is 363 g/mol. The smallest absolute Gasteiger partial charge is 0.288 e. The van der Waals surface area contributed by atoms with Gasteiger partial charge < -0.3 is 14.5 Å². The lowest BCUT2D eigenvalue weighted by molar-refractivity contribution is 0.0938. The Bertz CT molecular complexity index is 1100. The molecule has 0 bridgehead atoms. The highest BCUT2D eigenvalue weighted by molar-refractivity contribution is 5.99. The molecule has 0 radical (unpaired) electrons. The van der Waals surface area contributed by atoms with Gasteiger partial charge in [0.25, 0.3) is 5.91 Å². The minimum atomic E-state index is -0.519. The summed E-state index contributed by atoms with van der Waals surface area (Å²) >= 11 is 0. The van der Waals surface area contributed by atoms with Crippen LogP contribution in [0.15, 0.2) is 45.6 Å². The molecule has 2 aromatic carbocycles. The third-order valence-electron chi connectivity index (χ3n) is 4.81. The summed E-state index contributed by atoms with van der Waals surface area (Å²) in [5, 5.41) is 3.38. The van der Waals surface area contributed by atoms with E-state index in [-0.39, 0.29) is 17.1 Å². The third kappa shape index (κ3) is 2.89. The van der Waals surface area contributed by atoms with Crippen LogP contribution in [0.3, 0.4) is 0 Å². The van der Waals surface area contributed by atoms with E-state index in [0.717, 1.165) is 28.9 Å². The van der Waals surface area contributed by atoms with E-state index in [9.17, 15) is 9.59 Å². The van der Waals surface area contributed by atoms with Gasteiger partial charge in [0.15, 0.2) is 5.43 Å². The lowest BCUT2D eigenvalue weighted by Crippen LogP contribution is -2.21. The molecular weight excluding hydrogens is 342 g/mol. The Hall–Kier alpha value is -3.08. The van der Waals surface area contributed by atoms with Crippen molar-refractivity contribution in [2.45, 2.75) is 33.2 Å². The number of amides is 1. The fourth-order valence-electron chi connectivity index (χ4n) is 3.59. The van der Waals surface area contributed by atoms with Crippen LogP contribution in [0.2, 0.25) is 0 Å². The standard InChI is InChI=1S/C22H21NO4/c1-4-9-26-15-7-5-14(6-8-15)18-17-19(24)16-11-12(2)10-13(3)20(16)27-21(17)22(25)23-18/h5-8,10-11,18H,4,9H2,1-3H3,(H,23,25). The molecule has 5 heteroatoms. The molecule has 2 heterocycles. The highest BCUT2D eigenvalue weighted by atomic mass is 16.5. The van der Waals surface area contributed by atoms with E-state index in [1.165, 1.54) is 0 Å². The number of hydrogen-bond acceptors (Lipinski definition) is 4. The Balaban J connectivity index is 1.83. The highest BCUT2D eigenvalue weighted by Crippen LogP contribution is 2.32. The van der Waals surface area contributed by atoms with Gasteiger partial charge in [-0.15, -0.1) is 0 Å². The van der Waals surface area contributed by atoms with Crippen LogP contribution >= 0.6 is 0 Å². The van der Waals surface area contributed by atoms with Crippen molar-refractivity contribution in [3.05, 3.63) is 74.6 Å². The van der Waals surface area contributed by atoms with Crippen molar-refractivity contribution in [3.63, 3.8) is 0 Å². The molecule has 1 aromatic heterocycles. The van der Waals surface area contributed by atoms with Gasteiger partial charge in [0.05, 0.1) is 23.6 Å². The minimum Gasteiger partial charge on any atom is -0.494 e. The van der Waals surface area contributed by atoms with E-state index in [0.29, 0.717) is 23.1 Å². The Labute approximate surface area is 157 Å². The molecule has 1 N–H and O–H groups in total. The first-order chi connectivity index (χ1) is 13.0. The number of carbonyl (C=O) groups excluding carboxylic acids is 1. The molecule has 4 rings (SSSR count). The second kappa shape index (κ2) is 6.58. The van der Waals surface area contributed by atoms with Crippen molar-refractivity contribution in [2.75, 3.05) is 6.61 Å². The second-order valence-electron chi connectivity index (χ2n) is 6.96. The first-order valence-corrected chi connectivity index (χ1v) is 9.11. The van der Waals surface area contributed by atoms with E-state index < -0.39 is 6.04 Å². The molecule has 0 aliphatic carbocycles. The van der Waals surface area contributed by atoms with Crippen LogP contribution in [-0.2, 0) is 0 Å². The van der Waals surface area contributed by atoms with Crippen LogP contribution in [0.25, 0.3) is 11.0 Å². The summed E-state index contributed by atoms with van der Waals surface area (Å²) in [5.41, 5.74) is 3.34. The molecular formula is C22H21NO4. The molecule has 1 atom stereocenters. The maximum absolute atomic E-state index is 13.2. The van der Waals surface area contributed by atoms with E-state index in [2.05, 4.69) is 5.32 Å². The summed E-state index contributed by atoms with van der Waals surface area (Å²) in [4.78, 5) is 25.6. The number of aryl methyl sites for hydroxylation is 2. The summed E-state index contributed by atoms with van der Waals surface area (Å²) in [5.74, 6) is 0.512. The number of hydrogen-bond donors (Lipinski definition) is 1. The maximum Gasteiger partial charge on any atom is 0.288 e. The molecule has 0 fully saturated rings. The maximum atomic E-state index is 13.2. The normalized spacial score (nSPS) is 15.7. The van der Waals surface area contributed by atoms with Crippen molar-refractivity contribution >= 4 is 16.9 Å². The van der Waals surface area contributed by atoms with E-state index in [1.54, 1.807) is 0 Å². The van der Waals surface area contributed by atoms with Crippen LogP contribution in [0, 0.1) is 13.8 Å². The third-order valence-corrected chi connectivity index (χ3v) is 4.81. The topological polar surface area (TPSA) is 68.5 Å². The Kier molecular flexibility index (Phi) is 4.22. The Morgan fingerprint density at radius 3 is 2.56 bits per heavy atom. The fourth-order valence-corrected chi connectivity index (χ4v) is 3.59. The molecule has 27 heavy (non-hydrogen) atoms. The van der Waals surface area contributed by atoms with E-state index in [1.807, 2.05) is 57.2 Å². The van der Waals surface area contributed by atoms with Gasteiger partial charge in [-0.25, -0.2) is 0 Å². The van der Waals surface area contributed by atoms with Crippen LogP contribution in [-0.4, -0.2) is 12.5 Å². The number of carbonyl (C=O) groups is 1. The number of nitrogens with one attached hydrogen (secondary N) is 1. The molecule has 0 saturated heterocycles. The van der Waals surface area contributed by atoms with Gasteiger partial charge in [-0.1, -0.05) is 25.1 Å². The lowest BCUT2D eigenvalue weighted by atomic mass is 9.98. The zero-order chi connectivity index (χ0) is 19.1. The van der Waals surface area contributed by atoms with Gasteiger partial charge >= 0.3 is 0 Å². The number of benzene rings is 2. The lowest BCUT2D eigenvalue weighted by Gasteiger charge is -2.13. The van der Waals surface area contributed by atoms with Crippen molar-refractivity contribution in [3.8, 4) is 5.75 Å². The quantitative estimate of drug-likeness (QED) is 0.760. The summed E-state index contributed by atoms with van der Waals surface area (Å²) in [6, 6.07) is 10.7. The van der Waals surface area contributed by atoms with Crippen molar-refractivity contribution in [1.82, 2.24) is 5.32 Å². The zero-order valence-electron chi connectivity index (χ0n) is 15.6. The number of ether oxygens (including phenoxy) is 1. The van der Waals surface area contributed by atoms with Crippen molar-refractivity contribution < 1.29 is 13.9 Å². The van der Waals surface area contributed by atoms with Gasteiger partial charge in [-0.05, 0) is 55.2 Å². The molecule has 1 amide bonds. The Morgan fingerprint density at radius 1 is 1.11 bits per heavy atom. The van der Waals surface area contributed by atoms with Crippen LogP contribution in [0.4, 0.5) is 0 Å². The molecule has 0 spiro atoms. The van der Waals surface area contributed by atoms with Crippen LogP contribution in [0.1, 0.15) is 52.2 Å².